The molecule has 2 saturated carbocycles. The van der Waals surface area contributed by atoms with Crippen LogP contribution in [-0.4, -0.2) is 5.54 Å². The zero-order valence-corrected chi connectivity index (χ0v) is 7.85. The van der Waals surface area contributed by atoms with E-state index >= 15 is 0 Å². The minimum atomic E-state index is 0.203. The molecule has 2 rings (SSSR count). The second-order valence-electron chi connectivity index (χ2n) is 5.22. The van der Waals surface area contributed by atoms with Gasteiger partial charge in [-0.25, -0.2) is 0 Å². The van der Waals surface area contributed by atoms with Crippen LogP contribution in [0.3, 0.4) is 0 Å². The Labute approximate surface area is 69.4 Å². The molecule has 0 radical (unpaired) electrons. The minimum Gasteiger partial charge on any atom is -0.325 e. The van der Waals surface area contributed by atoms with E-state index < -0.39 is 0 Å². The van der Waals surface area contributed by atoms with Gasteiger partial charge in [0.25, 0.3) is 0 Å². The van der Waals surface area contributed by atoms with Crippen LogP contribution in [0.1, 0.15) is 40.0 Å². The second-order valence-corrected chi connectivity index (χ2v) is 5.22. The third kappa shape index (κ3) is 0.752. The van der Waals surface area contributed by atoms with Crippen LogP contribution in [0.15, 0.2) is 0 Å². The van der Waals surface area contributed by atoms with Crippen LogP contribution < -0.4 is 5.73 Å². The van der Waals surface area contributed by atoms with E-state index in [2.05, 4.69) is 20.8 Å². The van der Waals surface area contributed by atoms with Gasteiger partial charge in [-0.2, -0.15) is 0 Å². The molecule has 0 aromatic rings. The summed E-state index contributed by atoms with van der Waals surface area (Å²) in [6.07, 6.45) is 3.91. The molecule has 2 bridgehead atoms. The van der Waals surface area contributed by atoms with Crippen molar-refractivity contribution in [2.75, 3.05) is 0 Å². The highest BCUT2D eigenvalue weighted by Gasteiger charge is 2.57. The van der Waals surface area contributed by atoms with E-state index in [1.54, 1.807) is 0 Å². The van der Waals surface area contributed by atoms with E-state index in [1.807, 2.05) is 0 Å². The average molecular weight is 153 g/mol. The first-order chi connectivity index (χ1) is 4.97. The van der Waals surface area contributed by atoms with Crippen LogP contribution in [-0.2, 0) is 0 Å². The predicted molar refractivity (Wildman–Crippen MR) is 47.2 cm³/mol. The maximum Gasteiger partial charge on any atom is 0.0188 e. The molecule has 0 unspecified atom stereocenters. The number of hydrogen-bond donors (Lipinski definition) is 1. The molecule has 0 amide bonds. The Bertz CT molecular complexity index is 181. The summed E-state index contributed by atoms with van der Waals surface area (Å²) in [6.45, 7) is 7.10. The van der Waals surface area contributed by atoms with Gasteiger partial charge >= 0.3 is 0 Å². The molecule has 0 aromatic carbocycles. The van der Waals surface area contributed by atoms with Gasteiger partial charge in [-0.1, -0.05) is 20.8 Å². The molecule has 0 aliphatic heterocycles. The minimum absolute atomic E-state index is 0.203. The molecule has 11 heavy (non-hydrogen) atoms. The van der Waals surface area contributed by atoms with Crippen LogP contribution in [0.25, 0.3) is 0 Å². The second kappa shape index (κ2) is 1.82. The fourth-order valence-corrected chi connectivity index (χ4v) is 3.23. The quantitative estimate of drug-likeness (QED) is 0.567. The van der Waals surface area contributed by atoms with Crippen molar-refractivity contribution >= 4 is 0 Å². The van der Waals surface area contributed by atoms with E-state index in [0.717, 1.165) is 5.92 Å². The van der Waals surface area contributed by atoms with E-state index in [-0.39, 0.29) is 5.54 Å². The number of rotatable bonds is 0. The fourth-order valence-electron chi connectivity index (χ4n) is 3.23. The van der Waals surface area contributed by atoms with Crippen LogP contribution in [0.5, 0.6) is 0 Å². The lowest BCUT2D eigenvalue weighted by molar-refractivity contribution is 0.123. The summed E-state index contributed by atoms with van der Waals surface area (Å²) >= 11 is 0. The van der Waals surface area contributed by atoms with Gasteiger partial charge in [-0.3, -0.25) is 0 Å². The zero-order chi connectivity index (χ0) is 8.28. The fraction of sp³-hybridized carbons (Fsp3) is 1.00. The summed E-state index contributed by atoms with van der Waals surface area (Å²) < 4.78 is 0. The van der Waals surface area contributed by atoms with Gasteiger partial charge in [0.2, 0.25) is 0 Å². The summed E-state index contributed by atoms with van der Waals surface area (Å²) in [6, 6.07) is 0. The molecular weight excluding hydrogens is 134 g/mol. The molecule has 2 aliphatic carbocycles. The maximum atomic E-state index is 6.32. The zero-order valence-electron chi connectivity index (χ0n) is 7.85. The van der Waals surface area contributed by atoms with Crippen molar-refractivity contribution in [3.8, 4) is 0 Å². The molecule has 1 nitrogen and oxygen atoms in total. The Morgan fingerprint density at radius 2 is 2.00 bits per heavy atom. The van der Waals surface area contributed by atoms with E-state index in [9.17, 15) is 0 Å². The summed E-state index contributed by atoms with van der Waals surface area (Å²) in [4.78, 5) is 0. The highest BCUT2D eigenvalue weighted by molar-refractivity contribution is 5.11. The molecule has 2 fully saturated rings. The SMILES string of the molecule is C[C@H]1C(C)(C)[C@@H]2CC[C@@]1(N)C2. The van der Waals surface area contributed by atoms with Gasteiger partial charge in [0, 0.05) is 5.54 Å². The van der Waals surface area contributed by atoms with Gasteiger partial charge in [-0.15, -0.1) is 0 Å². The third-order valence-electron chi connectivity index (χ3n) is 4.62. The summed E-state index contributed by atoms with van der Waals surface area (Å²) in [5.41, 5.74) is 7.03. The molecule has 2 aliphatic rings. The topological polar surface area (TPSA) is 26.0 Å². The third-order valence-corrected chi connectivity index (χ3v) is 4.62. The monoisotopic (exact) mass is 153 g/mol. The first-order valence-electron chi connectivity index (χ1n) is 4.76. The van der Waals surface area contributed by atoms with Crippen molar-refractivity contribution in [1.82, 2.24) is 0 Å². The molecule has 1 heteroatoms. The molecule has 0 aromatic heterocycles. The lowest BCUT2D eigenvalue weighted by atomic mass is 9.68. The van der Waals surface area contributed by atoms with Gasteiger partial charge < -0.3 is 5.73 Å². The van der Waals surface area contributed by atoms with E-state index in [4.69, 9.17) is 5.73 Å². The molecule has 0 saturated heterocycles. The van der Waals surface area contributed by atoms with Gasteiger partial charge in [0.05, 0.1) is 0 Å². The van der Waals surface area contributed by atoms with Crippen molar-refractivity contribution in [2.24, 2.45) is 23.0 Å². The average Bonchev–Trinajstić information content (AvgIpc) is 2.36. The first kappa shape index (κ1) is 7.60. The predicted octanol–water partition coefficient (Wildman–Crippen LogP) is 2.16. The normalized spacial score (nSPS) is 53.5. The van der Waals surface area contributed by atoms with Gasteiger partial charge in [0.1, 0.15) is 0 Å². The van der Waals surface area contributed by atoms with Crippen LogP contribution in [0, 0.1) is 17.3 Å². The summed E-state index contributed by atoms with van der Waals surface area (Å²) in [7, 11) is 0. The lowest BCUT2D eigenvalue weighted by Gasteiger charge is -2.40. The Balaban J connectivity index is 2.34. The highest BCUT2D eigenvalue weighted by Crippen LogP contribution is 2.59. The first-order valence-corrected chi connectivity index (χ1v) is 4.76. The van der Waals surface area contributed by atoms with Gasteiger partial charge in [0.15, 0.2) is 0 Å². The number of nitrogens with two attached hydrogens (primary N) is 1. The Morgan fingerprint density at radius 3 is 2.27 bits per heavy atom. The molecular formula is C10H19N. The molecule has 0 spiro atoms. The summed E-state index contributed by atoms with van der Waals surface area (Å²) in [5.74, 6) is 1.62. The van der Waals surface area contributed by atoms with Crippen molar-refractivity contribution < 1.29 is 0 Å². The van der Waals surface area contributed by atoms with Gasteiger partial charge in [-0.05, 0) is 36.5 Å². The van der Waals surface area contributed by atoms with Crippen molar-refractivity contribution in [3.05, 3.63) is 0 Å². The molecule has 3 atom stereocenters. The lowest BCUT2D eigenvalue weighted by Crippen LogP contribution is -2.46. The van der Waals surface area contributed by atoms with E-state index in [0.29, 0.717) is 11.3 Å². The Hall–Kier alpha value is -0.0400. The van der Waals surface area contributed by atoms with Crippen LogP contribution in [0.4, 0.5) is 0 Å². The highest BCUT2D eigenvalue weighted by atomic mass is 14.8. The number of hydrogen-bond acceptors (Lipinski definition) is 1. The van der Waals surface area contributed by atoms with Crippen LogP contribution >= 0.6 is 0 Å². The molecule has 0 heterocycles. The standard InChI is InChI=1S/C10H19N/c1-7-9(2,3)8-4-5-10(7,11)6-8/h7-8H,4-6,11H2,1-3H3/t7-,8+,10+/m0/s1. The summed E-state index contributed by atoms with van der Waals surface area (Å²) in [5, 5.41) is 0. The van der Waals surface area contributed by atoms with Crippen LogP contribution in [0.2, 0.25) is 0 Å². The molecule has 64 valence electrons. The largest absolute Gasteiger partial charge is 0.325 e. The van der Waals surface area contributed by atoms with Crippen molar-refractivity contribution in [3.63, 3.8) is 0 Å². The smallest absolute Gasteiger partial charge is 0.0188 e. The Morgan fingerprint density at radius 1 is 1.36 bits per heavy atom. The van der Waals surface area contributed by atoms with Crippen molar-refractivity contribution in [1.29, 1.82) is 0 Å². The molecule has 2 N–H and O–H groups in total. The number of fused-ring (bicyclic) bond motifs is 2. The van der Waals surface area contributed by atoms with E-state index in [1.165, 1.54) is 19.3 Å². The van der Waals surface area contributed by atoms with Crippen molar-refractivity contribution in [2.45, 2.75) is 45.6 Å². The Kier molecular flexibility index (Phi) is 1.26. The maximum absolute atomic E-state index is 6.32.